The van der Waals surface area contributed by atoms with Crippen LogP contribution in [0.2, 0.25) is 0 Å². The van der Waals surface area contributed by atoms with Crippen molar-refractivity contribution >= 4 is 27.8 Å². The molecule has 0 aliphatic carbocycles. The standard InChI is InChI=1S/C46H70P2.2Li/c1-41(2,3)33-29-35(43(7,8)9)39(36(30-33)44(10,11)12)47-27-25-23-21-19-20-22-24-26-28-48-40-37(45(13,14)15)31-34(42(4,5)6)32-38(40)46(16,17)18;;/h29-32H,19-24H2,1-18H3;;/q-2;2*+1. The molecule has 2 aromatic carbocycles. The molecule has 0 unspecified atom stereocenters. The smallest absolute Gasteiger partial charge is 0.419 e. The third-order valence-electron chi connectivity index (χ3n) is 9.03. The first-order valence-corrected chi connectivity index (χ1v) is 20.2. The molecule has 4 heteroatoms. The van der Waals surface area contributed by atoms with Crippen LogP contribution in [0.3, 0.4) is 0 Å². The second-order valence-corrected chi connectivity index (χ2v) is 21.8. The summed E-state index contributed by atoms with van der Waals surface area (Å²) in [5.74, 6) is 7.04. The largest absolute Gasteiger partial charge is 1.00 e. The van der Waals surface area contributed by atoms with Gasteiger partial charge >= 0.3 is 37.7 Å². The molecule has 2 rings (SSSR count). The third kappa shape index (κ3) is 15.2. The minimum atomic E-state index is 0. The summed E-state index contributed by atoms with van der Waals surface area (Å²) in [7, 11) is 2.28. The van der Waals surface area contributed by atoms with Crippen LogP contribution >= 0.6 is 17.2 Å². The van der Waals surface area contributed by atoms with Crippen LogP contribution in [0.25, 0.3) is 0 Å². The van der Waals surface area contributed by atoms with E-state index in [1.807, 2.05) is 0 Å². The molecule has 0 heterocycles. The van der Waals surface area contributed by atoms with E-state index in [-0.39, 0.29) is 70.2 Å². The van der Waals surface area contributed by atoms with Crippen molar-refractivity contribution in [2.75, 3.05) is 0 Å². The van der Waals surface area contributed by atoms with E-state index in [4.69, 9.17) is 0 Å². The van der Waals surface area contributed by atoms with E-state index in [2.05, 4.69) is 172 Å². The van der Waals surface area contributed by atoms with Gasteiger partial charge in [0.05, 0.1) is 0 Å². The van der Waals surface area contributed by atoms with Crippen LogP contribution in [0.4, 0.5) is 0 Å². The van der Waals surface area contributed by atoms with Gasteiger partial charge in [0.15, 0.2) is 0 Å². The van der Waals surface area contributed by atoms with Gasteiger partial charge in [0.2, 0.25) is 0 Å². The van der Waals surface area contributed by atoms with Crippen LogP contribution in [0.15, 0.2) is 24.3 Å². The van der Waals surface area contributed by atoms with Crippen LogP contribution in [0.5, 0.6) is 0 Å². The Balaban J connectivity index is 0.0000120. The number of benzene rings is 2. The number of rotatable bonds is 7. The molecule has 0 radical (unpaired) electrons. The number of hydrogen-bond acceptors (Lipinski definition) is 0. The monoisotopic (exact) mass is 699 g/mol. The molecule has 0 amide bonds. The van der Waals surface area contributed by atoms with Gasteiger partial charge in [-0.3, -0.25) is 11.3 Å². The topological polar surface area (TPSA) is 0 Å². The quantitative estimate of drug-likeness (QED) is 0.121. The Kier molecular flexibility index (Phi) is 19.1. The molecule has 2 aromatic rings. The molecule has 0 aliphatic heterocycles. The zero-order chi connectivity index (χ0) is 36.9. The van der Waals surface area contributed by atoms with Crippen molar-refractivity contribution in [3.8, 4) is 23.2 Å². The normalized spacial score (nSPS) is 13.1. The van der Waals surface area contributed by atoms with Crippen molar-refractivity contribution in [3.63, 3.8) is 0 Å². The fraction of sp³-hybridized carbons (Fsp3) is 0.652. The Morgan fingerprint density at radius 3 is 0.820 bits per heavy atom. The van der Waals surface area contributed by atoms with E-state index in [0.29, 0.717) is 0 Å². The summed E-state index contributed by atoms with van der Waals surface area (Å²) >= 11 is 0. The third-order valence-corrected chi connectivity index (χ3v) is 11.0. The summed E-state index contributed by atoms with van der Waals surface area (Å²) in [4.78, 5) is 0. The molecular weight excluding hydrogens is 628 g/mol. The van der Waals surface area contributed by atoms with E-state index in [0.717, 1.165) is 30.0 Å². The minimum Gasteiger partial charge on any atom is -0.419 e. The van der Waals surface area contributed by atoms with Crippen molar-refractivity contribution in [2.45, 2.75) is 196 Å². The molecule has 0 spiro atoms. The van der Waals surface area contributed by atoms with Crippen LogP contribution in [-0.4, -0.2) is 0 Å². The SMILES string of the molecule is CC(C)(C)c1cc(C(C)(C)C)c([P-]C#CCCCCCCC#C[P-]c2c(C(C)(C)C)cc(C(C)(C)C)cc2C(C)(C)C)c(C(C)(C)C)c1.[Li+].[Li+]. The van der Waals surface area contributed by atoms with Gasteiger partial charge < -0.3 is 17.2 Å². The van der Waals surface area contributed by atoms with Gasteiger partial charge in [0, 0.05) is 12.8 Å². The predicted octanol–water partition coefficient (Wildman–Crippen LogP) is 7.59. The maximum Gasteiger partial charge on any atom is 1.00 e. The van der Waals surface area contributed by atoms with Gasteiger partial charge in [0.1, 0.15) is 0 Å². The van der Waals surface area contributed by atoms with Crippen LogP contribution in [0, 0.1) is 23.2 Å². The van der Waals surface area contributed by atoms with E-state index < -0.39 is 0 Å². The first-order valence-electron chi connectivity index (χ1n) is 18.4. The first kappa shape index (κ1) is 49.6. The van der Waals surface area contributed by atoms with Gasteiger partial charge in [-0.2, -0.15) is 10.6 Å². The number of hydrogen-bond donors (Lipinski definition) is 0. The molecule has 266 valence electrons. The van der Waals surface area contributed by atoms with E-state index >= 15 is 0 Å². The van der Waals surface area contributed by atoms with Crippen molar-refractivity contribution in [2.24, 2.45) is 0 Å². The van der Waals surface area contributed by atoms with Gasteiger partial charge in [0.25, 0.3) is 0 Å². The summed E-state index contributed by atoms with van der Waals surface area (Å²) < 4.78 is 0. The zero-order valence-electron chi connectivity index (χ0n) is 36.4. The van der Waals surface area contributed by atoms with Gasteiger partial charge in [-0.05, 0) is 56.5 Å². The average Bonchev–Trinajstić information content (AvgIpc) is 2.89. The molecule has 0 N–H and O–H groups in total. The molecular formula is C46H70Li2P2. The second-order valence-electron chi connectivity index (χ2n) is 20.1. The Hall–Kier alpha value is -0.385. The van der Waals surface area contributed by atoms with Crippen molar-refractivity contribution < 1.29 is 37.7 Å². The van der Waals surface area contributed by atoms with Crippen molar-refractivity contribution in [3.05, 3.63) is 57.6 Å². The fourth-order valence-corrected chi connectivity index (χ4v) is 8.43. The fourth-order valence-electron chi connectivity index (χ4n) is 5.75. The molecule has 0 fully saturated rings. The molecule has 0 aliphatic rings. The first-order chi connectivity index (χ1) is 21.6. The predicted molar refractivity (Wildman–Crippen MR) is 221 cm³/mol. The van der Waals surface area contributed by atoms with Gasteiger partial charge in [-0.1, -0.05) is 184 Å². The molecule has 0 bridgehead atoms. The van der Waals surface area contributed by atoms with Gasteiger partial charge in [-0.15, -0.1) is 11.8 Å². The Labute approximate surface area is 339 Å². The number of unbranched alkanes of at least 4 members (excludes halogenated alkanes) is 5. The Morgan fingerprint density at radius 1 is 0.380 bits per heavy atom. The second kappa shape index (κ2) is 19.3. The molecule has 0 saturated carbocycles. The van der Waals surface area contributed by atoms with E-state index in [1.54, 1.807) is 0 Å². The summed E-state index contributed by atoms with van der Waals surface area (Å²) in [6.07, 6.45) is 6.73. The van der Waals surface area contributed by atoms with Crippen molar-refractivity contribution in [1.29, 1.82) is 0 Å². The van der Waals surface area contributed by atoms with Crippen LogP contribution in [-0.2, 0) is 32.5 Å². The summed E-state index contributed by atoms with van der Waals surface area (Å²) in [5.41, 5.74) is 16.3. The van der Waals surface area contributed by atoms with Crippen molar-refractivity contribution in [1.82, 2.24) is 0 Å². The maximum absolute atomic E-state index is 3.56. The van der Waals surface area contributed by atoms with E-state index in [9.17, 15) is 0 Å². The summed E-state index contributed by atoms with van der Waals surface area (Å²) in [6.45, 7) is 42.0. The Bertz CT molecular complexity index is 1330. The zero-order valence-corrected chi connectivity index (χ0v) is 38.2. The van der Waals surface area contributed by atoms with E-state index in [1.165, 1.54) is 69.7 Å². The summed E-state index contributed by atoms with van der Waals surface area (Å²) in [6, 6.07) is 9.82. The Morgan fingerprint density at radius 2 is 0.620 bits per heavy atom. The molecule has 50 heavy (non-hydrogen) atoms. The minimum absolute atomic E-state index is 0. The van der Waals surface area contributed by atoms with Gasteiger partial charge in [-0.25, -0.2) is 0 Å². The molecule has 0 saturated heterocycles. The molecule has 0 atom stereocenters. The maximum atomic E-state index is 3.56. The van der Waals surface area contributed by atoms with Crippen LogP contribution in [0.1, 0.15) is 197 Å². The summed E-state index contributed by atoms with van der Waals surface area (Å²) in [5, 5.41) is 2.84. The molecule has 0 nitrogen and oxygen atoms in total. The van der Waals surface area contributed by atoms with Crippen LogP contribution < -0.4 is 48.3 Å². The average molecular weight is 699 g/mol. The molecule has 0 aromatic heterocycles.